The zero-order chi connectivity index (χ0) is 17.3. The van der Waals surface area contributed by atoms with Crippen molar-refractivity contribution in [3.05, 3.63) is 40.7 Å². The van der Waals surface area contributed by atoms with E-state index >= 15 is 0 Å². The van der Waals surface area contributed by atoms with Crippen molar-refractivity contribution in [2.24, 2.45) is 0 Å². The summed E-state index contributed by atoms with van der Waals surface area (Å²) in [6.07, 6.45) is 1.92. The van der Waals surface area contributed by atoms with Crippen molar-refractivity contribution in [2.75, 3.05) is 30.8 Å². The molecule has 0 aliphatic carbocycles. The molecule has 0 N–H and O–H groups in total. The lowest BCUT2D eigenvalue weighted by Crippen LogP contribution is -2.53. The number of piperazine rings is 1. The Morgan fingerprint density at radius 1 is 1.29 bits per heavy atom. The maximum absolute atomic E-state index is 11.7. The number of sulfonamides is 1. The van der Waals surface area contributed by atoms with Crippen LogP contribution in [0.2, 0.25) is 5.02 Å². The highest BCUT2D eigenvalue weighted by atomic mass is 35.5. The third-order valence-electron chi connectivity index (χ3n) is 4.00. The summed E-state index contributed by atoms with van der Waals surface area (Å²) in [4.78, 5) is 6.71. The lowest BCUT2D eigenvalue weighted by Gasteiger charge is -2.37. The summed E-state index contributed by atoms with van der Waals surface area (Å²) >= 11 is 7.26. The summed E-state index contributed by atoms with van der Waals surface area (Å²) in [6, 6.07) is 7.58. The Kier molecular flexibility index (Phi) is 5.10. The molecule has 2 heterocycles. The van der Waals surface area contributed by atoms with E-state index in [4.69, 9.17) is 11.6 Å². The molecule has 1 unspecified atom stereocenters. The quantitative estimate of drug-likeness (QED) is 0.806. The van der Waals surface area contributed by atoms with Crippen molar-refractivity contribution >= 4 is 38.3 Å². The molecular weight excluding hydrogens is 368 g/mol. The molecule has 0 bridgehead atoms. The fraction of sp³-hybridized carbons (Fsp3) is 0.467. The molecule has 1 aliphatic heterocycles. The van der Waals surface area contributed by atoms with Crippen LogP contribution in [0, 0.1) is 0 Å². The van der Waals surface area contributed by atoms with Crippen LogP contribution < -0.4 is 4.90 Å². The van der Waals surface area contributed by atoms with Crippen LogP contribution in [0.15, 0.2) is 24.3 Å². The fourth-order valence-electron chi connectivity index (χ4n) is 2.84. The van der Waals surface area contributed by atoms with E-state index in [2.05, 4.69) is 14.3 Å². The van der Waals surface area contributed by atoms with Crippen LogP contribution in [-0.4, -0.2) is 54.0 Å². The number of aromatic nitrogens is 2. The molecule has 1 atom stereocenters. The highest BCUT2D eigenvalue weighted by Gasteiger charge is 2.31. The fourth-order valence-corrected chi connectivity index (χ4v) is 4.82. The van der Waals surface area contributed by atoms with Gasteiger partial charge >= 0.3 is 0 Å². The zero-order valence-corrected chi connectivity index (χ0v) is 15.9. The minimum atomic E-state index is -3.16. The standard InChI is InChI=1S/C15H19ClN4O2S2/c1-11-10-19(7-8-20(11)24(2,21)22)15-17-14(18-23-15)9-12-3-5-13(16)6-4-12/h3-6,11H,7-10H2,1-2H3. The lowest BCUT2D eigenvalue weighted by atomic mass is 10.1. The van der Waals surface area contributed by atoms with Gasteiger partial charge < -0.3 is 4.90 Å². The van der Waals surface area contributed by atoms with E-state index in [-0.39, 0.29) is 6.04 Å². The molecule has 1 fully saturated rings. The monoisotopic (exact) mass is 386 g/mol. The summed E-state index contributed by atoms with van der Waals surface area (Å²) < 4.78 is 29.5. The number of benzene rings is 1. The first kappa shape index (κ1) is 17.6. The molecule has 24 heavy (non-hydrogen) atoms. The van der Waals surface area contributed by atoms with Gasteiger partial charge in [0.15, 0.2) is 0 Å². The molecular formula is C15H19ClN4O2S2. The highest BCUT2D eigenvalue weighted by molar-refractivity contribution is 7.88. The second-order valence-corrected chi connectivity index (χ2v) is 9.07. The Hall–Kier alpha value is -1.22. The minimum Gasteiger partial charge on any atom is -0.344 e. The van der Waals surface area contributed by atoms with Crippen molar-refractivity contribution in [2.45, 2.75) is 19.4 Å². The third kappa shape index (κ3) is 4.05. The van der Waals surface area contributed by atoms with Crippen LogP contribution in [0.3, 0.4) is 0 Å². The van der Waals surface area contributed by atoms with E-state index in [0.717, 1.165) is 16.5 Å². The van der Waals surface area contributed by atoms with Gasteiger partial charge in [0.1, 0.15) is 5.82 Å². The average Bonchev–Trinajstić information content (AvgIpc) is 2.97. The number of nitrogens with zero attached hydrogens (tertiary/aromatic N) is 4. The second kappa shape index (κ2) is 6.95. The van der Waals surface area contributed by atoms with Crippen molar-refractivity contribution < 1.29 is 8.42 Å². The number of hydrogen-bond acceptors (Lipinski definition) is 6. The summed E-state index contributed by atoms with van der Waals surface area (Å²) in [5.41, 5.74) is 1.11. The minimum absolute atomic E-state index is 0.0719. The van der Waals surface area contributed by atoms with Crippen LogP contribution in [0.4, 0.5) is 5.13 Å². The second-order valence-electron chi connectivity index (χ2n) is 5.97. The van der Waals surface area contributed by atoms with E-state index in [1.807, 2.05) is 31.2 Å². The van der Waals surface area contributed by atoms with Gasteiger partial charge in [-0.3, -0.25) is 0 Å². The number of rotatable bonds is 4. The van der Waals surface area contributed by atoms with Gasteiger partial charge in [0.25, 0.3) is 0 Å². The normalized spacial score (nSPS) is 19.6. The molecule has 1 aromatic carbocycles. The van der Waals surface area contributed by atoms with Gasteiger partial charge in [-0.25, -0.2) is 13.4 Å². The smallest absolute Gasteiger partial charge is 0.211 e. The van der Waals surface area contributed by atoms with Gasteiger partial charge in [-0.2, -0.15) is 8.68 Å². The number of halogens is 1. The Balaban J connectivity index is 1.67. The van der Waals surface area contributed by atoms with Crippen molar-refractivity contribution in [1.82, 2.24) is 13.7 Å². The first-order valence-electron chi connectivity index (χ1n) is 7.62. The Labute approximate surface area is 151 Å². The van der Waals surface area contributed by atoms with E-state index in [1.54, 1.807) is 4.31 Å². The number of anilines is 1. The summed E-state index contributed by atoms with van der Waals surface area (Å²) in [7, 11) is -3.16. The Morgan fingerprint density at radius 3 is 2.62 bits per heavy atom. The van der Waals surface area contributed by atoms with Gasteiger partial charge in [-0.05, 0) is 24.6 Å². The number of hydrogen-bond donors (Lipinski definition) is 0. The molecule has 0 saturated carbocycles. The molecule has 130 valence electrons. The summed E-state index contributed by atoms with van der Waals surface area (Å²) in [6.45, 7) is 3.66. The molecule has 1 aromatic heterocycles. The van der Waals surface area contributed by atoms with Crippen molar-refractivity contribution in [3.8, 4) is 0 Å². The van der Waals surface area contributed by atoms with Gasteiger partial charge in [0, 0.05) is 48.7 Å². The predicted octanol–water partition coefficient (Wildman–Crippen LogP) is 2.25. The van der Waals surface area contributed by atoms with E-state index in [9.17, 15) is 8.42 Å². The lowest BCUT2D eigenvalue weighted by molar-refractivity contribution is 0.309. The van der Waals surface area contributed by atoms with Crippen LogP contribution in [0.25, 0.3) is 0 Å². The summed E-state index contributed by atoms with van der Waals surface area (Å²) in [5.74, 6) is 0.774. The zero-order valence-electron chi connectivity index (χ0n) is 13.5. The van der Waals surface area contributed by atoms with Crippen molar-refractivity contribution in [1.29, 1.82) is 0 Å². The molecule has 9 heteroatoms. The molecule has 0 radical (unpaired) electrons. The van der Waals surface area contributed by atoms with E-state index in [1.165, 1.54) is 17.8 Å². The molecule has 0 amide bonds. The molecule has 6 nitrogen and oxygen atoms in total. The molecule has 3 rings (SSSR count). The molecule has 1 aliphatic rings. The van der Waals surface area contributed by atoms with Gasteiger partial charge in [0.05, 0.1) is 6.26 Å². The van der Waals surface area contributed by atoms with Crippen LogP contribution in [0.5, 0.6) is 0 Å². The van der Waals surface area contributed by atoms with Gasteiger partial charge in [-0.15, -0.1) is 0 Å². The third-order valence-corrected chi connectivity index (χ3v) is 6.46. The van der Waals surface area contributed by atoms with Crippen LogP contribution >= 0.6 is 23.1 Å². The average molecular weight is 387 g/mol. The molecule has 1 saturated heterocycles. The largest absolute Gasteiger partial charge is 0.344 e. The van der Waals surface area contributed by atoms with Crippen molar-refractivity contribution in [3.63, 3.8) is 0 Å². The first-order chi connectivity index (χ1) is 11.3. The maximum Gasteiger partial charge on any atom is 0.211 e. The Morgan fingerprint density at radius 2 is 2.00 bits per heavy atom. The topological polar surface area (TPSA) is 66.4 Å². The SMILES string of the molecule is CC1CN(c2nc(Cc3ccc(Cl)cc3)ns2)CCN1S(C)(=O)=O. The maximum atomic E-state index is 11.7. The van der Waals surface area contributed by atoms with Gasteiger partial charge in [-0.1, -0.05) is 23.7 Å². The van der Waals surface area contributed by atoms with Crippen LogP contribution in [-0.2, 0) is 16.4 Å². The first-order valence-corrected chi connectivity index (χ1v) is 10.6. The van der Waals surface area contributed by atoms with Crippen LogP contribution in [0.1, 0.15) is 18.3 Å². The highest BCUT2D eigenvalue weighted by Crippen LogP contribution is 2.23. The molecule has 0 spiro atoms. The Bertz CT molecular complexity index is 807. The summed E-state index contributed by atoms with van der Waals surface area (Å²) in [5, 5.41) is 1.56. The predicted molar refractivity (Wildman–Crippen MR) is 97.4 cm³/mol. The van der Waals surface area contributed by atoms with Gasteiger partial charge in [0.2, 0.25) is 15.2 Å². The van der Waals surface area contributed by atoms with E-state index < -0.39 is 10.0 Å². The van der Waals surface area contributed by atoms with E-state index in [0.29, 0.717) is 31.1 Å². The molecule has 2 aromatic rings.